The van der Waals surface area contributed by atoms with E-state index in [1.165, 1.54) is 6.07 Å². The molecule has 1 unspecified atom stereocenters. The lowest BCUT2D eigenvalue weighted by molar-refractivity contribution is 0.493. The smallest absolute Gasteiger partial charge is 0.165 e. The fraction of sp³-hybridized carbons (Fsp3) is 0.300. The Morgan fingerprint density at radius 2 is 2.07 bits per heavy atom. The van der Waals surface area contributed by atoms with E-state index in [2.05, 4.69) is 21.0 Å². The summed E-state index contributed by atoms with van der Waals surface area (Å²) in [6.07, 6.45) is 3.90. The van der Waals surface area contributed by atoms with Gasteiger partial charge >= 0.3 is 0 Å². The van der Waals surface area contributed by atoms with Crippen LogP contribution in [-0.4, -0.2) is 24.3 Å². The molecule has 0 bridgehead atoms. The van der Waals surface area contributed by atoms with Crippen LogP contribution in [0.4, 0.5) is 26.1 Å². The van der Waals surface area contributed by atoms with Gasteiger partial charge in [-0.2, -0.15) is 0 Å². The minimum absolute atomic E-state index is 0.0810. The van der Waals surface area contributed by atoms with Gasteiger partial charge in [0.1, 0.15) is 5.82 Å². The zero-order valence-electron chi connectivity index (χ0n) is 16.4. The van der Waals surface area contributed by atoms with Crippen molar-refractivity contribution in [1.82, 2.24) is 15.6 Å². The first-order chi connectivity index (χ1) is 14.4. The highest BCUT2D eigenvalue weighted by Gasteiger charge is 2.20. The average Bonchev–Trinajstić information content (AvgIpc) is 3.27. The zero-order chi connectivity index (χ0) is 21.7. The number of hydrogen-bond donors (Lipinski definition) is 7. The highest BCUT2D eigenvalue weighted by Crippen LogP contribution is 2.26. The molecule has 0 aliphatic carbocycles. The fourth-order valence-corrected chi connectivity index (χ4v) is 3.51. The van der Waals surface area contributed by atoms with E-state index in [1.54, 1.807) is 18.3 Å². The maximum absolute atomic E-state index is 14.3. The zero-order valence-corrected chi connectivity index (χ0v) is 16.4. The third kappa shape index (κ3) is 4.84. The molecule has 0 amide bonds. The molecule has 10 N–H and O–H groups in total. The lowest BCUT2D eigenvalue weighted by Gasteiger charge is -2.13. The normalized spacial score (nSPS) is 16.5. The molecule has 30 heavy (non-hydrogen) atoms. The molecule has 8 nitrogen and oxygen atoms in total. The average molecular weight is 416 g/mol. The number of hydrazine groups is 1. The van der Waals surface area contributed by atoms with E-state index in [-0.39, 0.29) is 36.1 Å². The van der Waals surface area contributed by atoms with Crippen LogP contribution in [0.3, 0.4) is 0 Å². The highest BCUT2D eigenvalue weighted by atomic mass is 19.2. The quantitative estimate of drug-likeness (QED) is 0.197. The van der Waals surface area contributed by atoms with Crippen molar-refractivity contribution in [2.24, 2.45) is 5.84 Å². The predicted octanol–water partition coefficient (Wildman–Crippen LogP) is 1.75. The molecule has 1 aliphatic rings. The van der Waals surface area contributed by atoms with Crippen molar-refractivity contribution in [2.75, 3.05) is 30.0 Å². The van der Waals surface area contributed by atoms with Gasteiger partial charge in [-0.25, -0.2) is 19.6 Å². The second kappa shape index (κ2) is 9.51. The molecule has 2 aromatic rings. The van der Waals surface area contributed by atoms with Gasteiger partial charge in [0.2, 0.25) is 0 Å². The topological polar surface area (TPSA) is 151 Å². The number of aromatic nitrogens is 1. The molecule has 2 heterocycles. The minimum Gasteiger partial charge on any atom is -0.395 e. The third-order valence-electron chi connectivity index (χ3n) is 5.12. The molecule has 3 rings (SSSR count). The Morgan fingerprint density at radius 3 is 2.73 bits per heavy atom. The first kappa shape index (κ1) is 21.5. The second-order valence-electron chi connectivity index (χ2n) is 7.20. The van der Waals surface area contributed by atoms with E-state index in [0.29, 0.717) is 16.8 Å². The number of allylic oxidation sites excluding steroid dienone is 1. The van der Waals surface area contributed by atoms with E-state index in [1.807, 2.05) is 0 Å². The summed E-state index contributed by atoms with van der Waals surface area (Å²) < 4.78 is 28.3. The number of hydrogen-bond acceptors (Lipinski definition) is 8. The maximum atomic E-state index is 14.3. The Kier molecular flexibility index (Phi) is 6.80. The van der Waals surface area contributed by atoms with Gasteiger partial charge in [0.05, 0.1) is 5.69 Å². The van der Waals surface area contributed by atoms with Gasteiger partial charge in [-0.15, -0.1) is 0 Å². The predicted molar refractivity (Wildman–Crippen MR) is 115 cm³/mol. The summed E-state index contributed by atoms with van der Waals surface area (Å²) in [5.41, 5.74) is 16.7. The summed E-state index contributed by atoms with van der Waals surface area (Å²) in [7, 11) is 0. The number of nitrogens with two attached hydrogens (primary N) is 3. The summed E-state index contributed by atoms with van der Waals surface area (Å²) in [4.78, 5) is 3.99. The lowest BCUT2D eigenvalue weighted by Crippen LogP contribution is -2.14. The second-order valence-corrected chi connectivity index (χ2v) is 7.20. The van der Waals surface area contributed by atoms with Crippen LogP contribution in [0.5, 0.6) is 0 Å². The molecule has 0 radical (unpaired) electrons. The summed E-state index contributed by atoms with van der Waals surface area (Å²) in [6.45, 7) is 1.70. The molecule has 1 aliphatic heterocycles. The number of nitrogens with zero attached hydrogens (tertiary/aromatic N) is 1. The molecular weight excluding hydrogens is 390 g/mol. The summed E-state index contributed by atoms with van der Waals surface area (Å²) in [5, 5.41) is 13.8. The molecule has 160 valence electrons. The highest BCUT2D eigenvalue weighted by molar-refractivity contribution is 5.78. The van der Waals surface area contributed by atoms with Crippen molar-refractivity contribution in [3.63, 3.8) is 0 Å². The van der Waals surface area contributed by atoms with E-state index in [0.717, 1.165) is 31.3 Å². The van der Waals surface area contributed by atoms with Crippen molar-refractivity contribution >= 4 is 23.5 Å². The Balaban J connectivity index is 1.74. The number of nitrogens with one attached hydrogen (secondary N) is 4. The molecule has 1 atom stereocenters. The van der Waals surface area contributed by atoms with Gasteiger partial charge in [-0.05, 0) is 47.7 Å². The van der Waals surface area contributed by atoms with Gasteiger partial charge < -0.3 is 32.9 Å². The number of rotatable bonds is 8. The number of halogens is 2. The fourth-order valence-electron chi connectivity index (χ4n) is 3.51. The first-order valence-electron chi connectivity index (χ1n) is 9.55. The number of nitrogen functional groups attached to an aromatic ring is 3. The molecule has 0 saturated carbocycles. The van der Waals surface area contributed by atoms with Gasteiger partial charge in [0, 0.05) is 37.5 Å². The molecule has 1 saturated heterocycles. The maximum Gasteiger partial charge on any atom is 0.165 e. The minimum atomic E-state index is -0.869. The van der Waals surface area contributed by atoms with E-state index >= 15 is 0 Å². The van der Waals surface area contributed by atoms with Gasteiger partial charge in [0.25, 0.3) is 0 Å². The molecular formula is C20H26F2N8. The molecule has 0 spiro atoms. The Hall–Kier alpha value is -3.24. The Morgan fingerprint density at radius 1 is 1.27 bits per heavy atom. The molecule has 1 aromatic carbocycles. The summed E-state index contributed by atoms with van der Waals surface area (Å²) >= 11 is 0. The summed E-state index contributed by atoms with van der Waals surface area (Å²) in [5.74, 6) is 4.33. The van der Waals surface area contributed by atoms with Crippen LogP contribution in [0.15, 0.2) is 30.0 Å². The molecule has 1 aromatic heterocycles. The van der Waals surface area contributed by atoms with Crippen molar-refractivity contribution in [2.45, 2.75) is 25.3 Å². The van der Waals surface area contributed by atoms with Crippen LogP contribution >= 0.6 is 0 Å². The van der Waals surface area contributed by atoms with Crippen LogP contribution in [0.25, 0.3) is 0 Å². The van der Waals surface area contributed by atoms with Crippen LogP contribution in [0, 0.1) is 17.0 Å². The molecule has 1 fully saturated rings. The largest absolute Gasteiger partial charge is 0.395 e. The van der Waals surface area contributed by atoms with Gasteiger partial charge in [-0.3, -0.25) is 0 Å². The van der Waals surface area contributed by atoms with Gasteiger partial charge in [-0.1, -0.05) is 6.07 Å². The number of benzene rings is 1. The van der Waals surface area contributed by atoms with Crippen LogP contribution < -0.4 is 33.4 Å². The lowest BCUT2D eigenvalue weighted by atomic mass is 9.96. The van der Waals surface area contributed by atoms with Gasteiger partial charge in [0.15, 0.2) is 17.5 Å². The number of anilines is 3. The van der Waals surface area contributed by atoms with Crippen molar-refractivity contribution in [3.05, 3.63) is 58.3 Å². The van der Waals surface area contributed by atoms with E-state index in [4.69, 9.17) is 22.7 Å². The SMILES string of the molecule is N=C/C(=C\NCc1cc(C2CCNC2)cc(F)c1F)Cc1cc(N)nc(NN)c1N. The van der Waals surface area contributed by atoms with E-state index in [9.17, 15) is 8.78 Å². The van der Waals surface area contributed by atoms with Crippen molar-refractivity contribution in [3.8, 4) is 0 Å². The standard InChI is InChI=1S/C20H26F2N8/c21-16-5-13(12-1-2-27-9-12)4-15(18(16)22)10-28-8-11(7-23)3-14-6-17(24)29-20(30-26)19(14)25/h4-8,12,23,27-28H,1-3,9-10,25-26H2,(H3,24,29,30)/b11-8-,23-7?. The van der Waals surface area contributed by atoms with Crippen molar-refractivity contribution in [1.29, 1.82) is 5.41 Å². The molecule has 10 heteroatoms. The first-order valence-corrected chi connectivity index (χ1v) is 9.55. The number of pyridine rings is 1. The Labute approximate surface area is 173 Å². The van der Waals surface area contributed by atoms with Crippen LogP contribution in [0.1, 0.15) is 29.0 Å². The Bertz CT molecular complexity index is 954. The third-order valence-corrected chi connectivity index (χ3v) is 5.12. The van der Waals surface area contributed by atoms with Crippen LogP contribution in [0.2, 0.25) is 0 Å². The summed E-state index contributed by atoms with van der Waals surface area (Å²) in [6, 6.07) is 4.57. The monoisotopic (exact) mass is 416 g/mol. The van der Waals surface area contributed by atoms with Crippen LogP contribution in [-0.2, 0) is 13.0 Å². The van der Waals surface area contributed by atoms with Crippen molar-refractivity contribution < 1.29 is 8.78 Å². The van der Waals surface area contributed by atoms with E-state index < -0.39 is 11.6 Å².